The lowest BCUT2D eigenvalue weighted by molar-refractivity contribution is -0.123. The first kappa shape index (κ1) is 14.1. The first-order valence-corrected chi connectivity index (χ1v) is 7.19. The van der Waals surface area contributed by atoms with Crippen LogP contribution in [0.2, 0.25) is 0 Å². The molecular weight excluding hydrogens is 238 g/mol. The molecular formula is C16H23NO2. The lowest BCUT2D eigenvalue weighted by Gasteiger charge is -2.28. The second-order valence-corrected chi connectivity index (χ2v) is 5.54. The molecule has 19 heavy (non-hydrogen) atoms. The van der Waals surface area contributed by atoms with Crippen molar-refractivity contribution in [2.75, 3.05) is 0 Å². The fourth-order valence-corrected chi connectivity index (χ4v) is 2.72. The van der Waals surface area contributed by atoms with Crippen LogP contribution in [0.1, 0.15) is 50.5 Å². The Morgan fingerprint density at radius 3 is 2.68 bits per heavy atom. The lowest BCUT2D eigenvalue weighted by atomic mass is 9.92. The molecule has 3 atom stereocenters. The minimum absolute atomic E-state index is 0.0438. The fourth-order valence-electron chi connectivity index (χ4n) is 2.72. The van der Waals surface area contributed by atoms with E-state index in [1.807, 2.05) is 30.3 Å². The van der Waals surface area contributed by atoms with Crippen molar-refractivity contribution in [2.45, 2.75) is 57.1 Å². The summed E-state index contributed by atoms with van der Waals surface area (Å²) < 4.78 is 0. The molecule has 1 fully saturated rings. The SMILES string of the molecule is CC(CC(=O)NC1CCCCC1O)c1ccccc1. The molecule has 0 bridgehead atoms. The Morgan fingerprint density at radius 2 is 2.00 bits per heavy atom. The number of hydrogen-bond acceptors (Lipinski definition) is 2. The maximum atomic E-state index is 12.0. The zero-order chi connectivity index (χ0) is 13.7. The van der Waals surface area contributed by atoms with Crippen LogP contribution in [0.25, 0.3) is 0 Å². The van der Waals surface area contributed by atoms with Gasteiger partial charge in [0, 0.05) is 6.42 Å². The Morgan fingerprint density at radius 1 is 1.32 bits per heavy atom. The van der Waals surface area contributed by atoms with E-state index in [-0.39, 0.29) is 24.0 Å². The van der Waals surface area contributed by atoms with Gasteiger partial charge in [0.1, 0.15) is 0 Å². The van der Waals surface area contributed by atoms with E-state index in [2.05, 4.69) is 12.2 Å². The Bertz CT molecular complexity index is 404. The van der Waals surface area contributed by atoms with Gasteiger partial charge >= 0.3 is 0 Å². The summed E-state index contributed by atoms with van der Waals surface area (Å²) in [5, 5.41) is 12.8. The van der Waals surface area contributed by atoms with Crippen molar-refractivity contribution in [3.63, 3.8) is 0 Å². The number of amides is 1. The van der Waals surface area contributed by atoms with Gasteiger partial charge in [-0.2, -0.15) is 0 Å². The second kappa shape index (κ2) is 6.71. The van der Waals surface area contributed by atoms with Gasteiger partial charge < -0.3 is 10.4 Å². The van der Waals surface area contributed by atoms with Crippen molar-refractivity contribution in [1.29, 1.82) is 0 Å². The molecule has 3 heteroatoms. The first-order chi connectivity index (χ1) is 9.16. The monoisotopic (exact) mass is 261 g/mol. The summed E-state index contributed by atoms with van der Waals surface area (Å²) in [6.07, 6.45) is 3.97. The summed E-state index contributed by atoms with van der Waals surface area (Å²) in [5.41, 5.74) is 1.18. The quantitative estimate of drug-likeness (QED) is 0.875. The van der Waals surface area contributed by atoms with Gasteiger partial charge in [0.05, 0.1) is 12.1 Å². The van der Waals surface area contributed by atoms with Crippen LogP contribution in [-0.2, 0) is 4.79 Å². The molecule has 104 valence electrons. The van der Waals surface area contributed by atoms with E-state index in [0.717, 1.165) is 25.7 Å². The topological polar surface area (TPSA) is 49.3 Å². The van der Waals surface area contributed by atoms with Crippen LogP contribution in [0.5, 0.6) is 0 Å². The molecule has 1 saturated carbocycles. The Labute approximate surface area is 115 Å². The van der Waals surface area contributed by atoms with Crippen LogP contribution in [0.15, 0.2) is 30.3 Å². The molecule has 0 spiro atoms. The summed E-state index contributed by atoms with van der Waals surface area (Å²) in [7, 11) is 0. The zero-order valence-corrected chi connectivity index (χ0v) is 11.5. The van der Waals surface area contributed by atoms with Gasteiger partial charge in [0.2, 0.25) is 5.91 Å². The van der Waals surface area contributed by atoms with Gasteiger partial charge in [-0.1, -0.05) is 50.1 Å². The number of carbonyl (C=O) groups is 1. The van der Waals surface area contributed by atoms with E-state index in [4.69, 9.17) is 0 Å². The molecule has 1 amide bonds. The van der Waals surface area contributed by atoms with E-state index in [1.165, 1.54) is 5.56 Å². The first-order valence-electron chi connectivity index (χ1n) is 7.19. The highest BCUT2D eigenvalue weighted by atomic mass is 16.3. The summed E-state index contributed by atoms with van der Waals surface area (Å²) in [6.45, 7) is 2.06. The molecule has 1 aromatic rings. The average Bonchev–Trinajstić information content (AvgIpc) is 2.42. The van der Waals surface area contributed by atoms with E-state index >= 15 is 0 Å². The molecule has 0 saturated heterocycles. The third kappa shape index (κ3) is 4.06. The van der Waals surface area contributed by atoms with E-state index < -0.39 is 0 Å². The number of carbonyl (C=O) groups excluding carboxylic acids is 1. The van der Waals surface area contributed by atoms with Gasteiger partial charge in [-0.05, 0) is 24.3 Å². The molecule has 1 aliphatic carbocycles. The third-order valence-corrected chi connectivity index (χ3v) is 3.94. The summed E-state index contributed by atoms with van der Waals surface area (Å²) >= 11 is 0. The molecule has 1 aromatic carbocycles. The Kier molecular flexibility index (Phi) is 4.97. The fraction of sp³-hybridized carbons (Fsp3) is 0.562. The number of aliphatic hydroxyl groups excluding tert-OH is 1. The number of rotatable bonds is 4. The van der Waals surface area contributed by atoms with Crippen LogP contribution in [-0.4, -0.2) is 23.2 Å². The van der Waals surface area contributed by atoms with Gasteiger partial charge in [0.25, 0.3) is 0 Å². The molecule has 0 aromatic heterocycles. The van der Waals surface area contributed by atoms with Crippen LogP contribution in [0.3, 0.4) is 0 Å². The maximum absolute atomic E-state index is 12.0. The Hall–Kier alpha value is -1.35. The summed E-state index contributed by atoms with van der Waals surface area (Å²) in [6, 6.07) is 10.0. The number of hydrogen-bond donors (Lipinski definition) is 2. The van der Waals surface area contributed by atoms with Crippen molar-refractivity contribution >= 4 is 5.91 Å². The third-order valence-electron chi connectivity index (χ3n) is 3.94. The standard InChI is InChI=1S/C16H23NO2/c1-12(13-7-3-2-4-8-13)11-16(19)17-14-9-5-6-10-15(14)18/h2-4,7-8,12,14-15,18H,5-6,9-11H2,1H3,(H,17,19). The van der Waals surface area contributed by atoms with Gasteiger partial charge in [-0.15, -0.1) is 0 Å². The molecule has 3 unspecified atom stereocenters. The molecule has 2 rings (SSSR count). The normalized spacial score (nSPS) is 24.7. The van der Waals surface area contributed by atoms with Crippen LogP contribution < -0.4 is 5.32 Å². The highest BCUT2D eigenvalue weighted by Gasteiger charge is 2.24. The average molecular weight is 261 g/mol. The molecule has 0 aliphatic heterocycles. The lowest BCUT2D eigenvalue weighted by Crippen LogP contribution is -2.45. The maximum Gasteiger partial charge on any atom is 0.220 e. The molecule has 2 N–H and O–H groups in total. The predicted octanol–water partition coefficient (Wildman–Crippen LogP) is 2.60. The van der Waals surface area contributed by atoms with Crippen LogP contribution in [0.4, 0.5) is 0 Å². The van der Waals surface area contributed by atoms with Crippen LogP contribution >= 0.6 is 0 Å². The number of nitrogens with one attached hydrogen (secondary N) is 1. The van der Waals surface area contributed by atoms with Crippen LogP contribution in [0, 0.1) is 0 Å². The van der Waals surface area contributed by atoms with Crippen molar-refractivity contribution < 1.29 is 9.90 Å². The van der Waals surface area contributed by atoms with E-state index in [1.54, 1.807) is 0 Å². The number of aliphatic hydroxyl groups is 1. The molecule has 1 aliphatic rings. The van der Waals surface area contributed by atoms with E-state index in [0.29, 0.717) is 6.42 Å². The van der Waals surface area contributed by atoms with Crippen molar-refractivity contribution in [2.24, 2.45) is 0 Å². The van der Waals surface area contributed by atoms with Gasteiger partial charge in [0.15, 0.2) is 0 Å². The smallest absolute Gasteiger partial charge is 0.220 e. The largest absolute Gasteiger partial charge is 0.391 e. The highest BCUT2D eigenvalue weighted by Crippen LogP contribution is 2.21. The van der Waals surface area contributed by atoms with Gasteiger partial charge in [-0.3, -0.25) is 4.79 Å². The zero-order valence-electron chi connectivity index (χ0n) is 11.5. The second-order valence-electron chi connectivity index (χ2n) is 5.54. The highest BCUT2D eigenvalue weighted by molar-refractivity contribution is 5.77. The molecule has 0 heterocycles. The Balaban J connectivity index is 1.84. The molecule has 3 nitrogen and oxygen atoms in total. The predicted molar refractivity (Wildman–Crippen MR) is 75.9 cm³/mol. The van der Waals surface area contributed by atoms with Crippen molar-refractivity contribution in [3.05, 3.63) is 35.9 Å². The van der Waals surface area contributed by atoms with E-state index in [9.17, 15) is 9.90 Å². The summed E-state index contributed by atoms with van der Waals surface area (Å²) in [5.74, 6) is 0.254. The van der Waals surface area contributed by atoms with Gasteiger partial charge in [-0.25, -0.2) is 0 Å². The van der Waals surface area contributed by atoms with Crippen molar-refractivity contribution in [1.82, 2.24) is 5.32 Å². The number of benzene rings is 1. The summed E-state index contributed by atoms with van der Waals surface area (Å²) in [4.78, 5) is 12.0. The van der Waals surface area contributed by atoms with Crippen molar-refractivity contribution in [3.8, 4) is 0 Å². The minimum Gasteiger partial charge on any atom is -0.391 e. The minimum atomic E-state index is -0.371. The molecule has 0 radical (unpaired) electrons.